The van der Waals surface area contributed by atoms with Gasteiger partial charge in [0.15, 0.2) is 0 Å². The molecule has 2 bridgehead atoms. The van der Waals surface area contributed by atoms with E-state index in [9.17, 15) is 0 Å². The predicted molar refractivity (Wildman–Crippen MR) is 256 cm³/mol. The van der Waals surface area contributed by atoms with Crippen molar-refractivity contribution in [2.75, 3.05) is 0 Å². The Balaban J connectivity index is 1.52. The van der Waals surface area contributed by atoms with Gasteiger partial charge in [-0.15, -0.1) is 0 Å². The lowest BCUT2D eigenvalue weighted by Crippen LogP contribution is -2.35. The summed E-state index contributed by atoms with van der Waals surface area (Å²) in [6.45, 7) is 28.6. The summed E-state index contributed by atoms with van der Waals surface area (Å²) in [6.07, 6.45) is 21.5. The Bertz CT molecular complexity index is 2850. The highest BCUT2D eigenvalue weighted by Gasteiger charge is 2.51. The Morgan fingerprint density at radius 3 is 2.02 bits per heavy atom. The van der Waals surface area contributed by atoms with Crippen molar-refractivity contribution in [3.63, 3.8) is 0 Å². The molecule has 0 saturated carbocycles. The van der Waals surface area contributed by atoms with Crippen molar-refractivity contribution in [3.05, 3.63) is 206 Å². The second-order valence-electron chi connectivity index (χ2n) is 19.9. The van der Waals surface area contributed by atoms with Gasteiger partial charge >= 0.3 is 0 Å². The number of rotatable bonds is 5. The summed E-state index contributed by atoms with van der Waals surface area (Å²) in [5.74, 6) is 0. The predicted octanol–water partition coefficient (Wildman–Crippen LogP) is 14.0. The third-order valence-corrected chi connectivity index (χ3v) is 14.2. The van der Waals surface area contributed by atoms with E-state index in [2.05, 4.69) is 203 Å². The van der Waals surface area contributed by atoms with E-state index in [1.807, 2.05) is 0 Å². The number of hydrogen-bond acceptors (Lipinski definition) is 0. The molecule has 1 atom stereocenters. The third kappa shape index (κ3) is 5.84. The minimum absolute atomic E-state index is 0.0341. The van der Waals surface area contributed by atoms with Crippen LogP contribution >= 0.6 is 0 Å². The van der Waals surface area contributed by atoms with Crippen LogP contribution in [0.25, 0.3) is 38.6 Å². The summed E-state index contributed by atoms with van der Waals surface area (Å²) >= 11 is 0. The van der Waals surface area contributed by atoms with E-state index >= 15 is 0 Å². The Morgan fingerprint density at radius 2 is 1.39 bits per heavy atom. The molecule has 5 aromatic rings. The van der Waals surface area contributed by atoms with Crippen molar-refractivity contribution in [2.24, 2.45) is 0 Å². The van der Waals surface area contributed by atoms with Crippen LogP contribution in [-0.2, 0) is 28.1 Å². The Morgan fingerprint density at radius 1 is 0.729 bits per heavy atom. The van der Waals surface area contributed by atoms with Gasteiger partial charge in [0, 0.05) is 5.41 Å². The first-order valence-corrected chi connectivity index (χ1v) is 21.9. The second-order valence-corrected chi connectivity index (χ2v) is 19.9. The maximum atomic E-state index is 5.15. The highest BCUT2D eigenvalue weighted by atomic mass is 14.5. The van der Waals surface area contributed by atoms with Crippen LogP contribution in [0.5, 0.6) is 0 Å². The smallest absolute Gasteiger partial charge is 0.0711 e. The van der Waals surface area contributed by atoms with Gasteiger partial charge in [-0.3, -0.25) is 0 Å². The lowest BCUT2D eigenvalue weighted by atomic mass is 9.61. The zero-order valence-electron chi connectivity index (χ0n) is 37.0. The molecule has 0 saturated heterocycles. The first-order valence-electron chi connectivity index (χ1n) is 21.9. The van der Waals surface area contributed by atoms with Gasteiger partial charge in [-0.05, 0) is 150 Å². The van der Waals surface area contributed by atoms with E-state index in [0.717, 1.165) is 24.8 Å². The Hall–Kier alpha value is -5.46. The highest BCUT2D eigenvalue weighted by Crippen LogP contribution is 2.61. The molecule has 0 aliphatic heterocycles. The van der Waals surface area contributed by atoms with Crippen molar-refractivity contribution < 1.29 is 0 Å². The largest absolute Gasteiger partial charge is 0.0942 e. The fraction of sp³-hybridized carbons (Fsp3) is 0.288. The maximum Gasteiger partial charge on any atom is 0.0711 e. The fourth-order valence-electron chi connectivity index (χ4n) is 10.9. The standard InChI is InChI=1S/C59H60/c1-12-13-15-20-38(3)59(51-34-43(56(5,6)7)27-30-46(51)47-31-28-44(35-52(47)59)57(8,9)10)50-32-26-41-25-29-48-49(40-21-16-14-17-22-40)33-37(2)45-24-19-18-23-42(45)36-58(11)39(4)53(48)54(41)55(50)58/h12-13,15-16,18-35H,3,14,17,36H2,1-2,4-11H3/b13-12-,20-15-,37-33+,49-48+. The van der Waals surface area contributed by atoms with E-state index in [4.69, 9.17) is 6.58 Å². The molecule has 0 heteroatoms. The molecule has 5 aromatic carbocycles. The van der Waals surface area contributed by atoms with Crippen molar-refractivity contribution in [1.29, 1.82) is 0 Å². The highest BCUT2D eigenvalue weighted by molar-refractivity contribution is 6.00. The van der Waals surface area contributed by atoms with Crippen molar-refractivity contribution in [3.8, 4) is 11.1 Å². The van der Waals surface area contributed by atoms with Gasteiger partial charge in [-0.1, -0.05) is 194 Å². The molecular formula is C59H60. The molecule has 0 spiro atoms. The summed E-state index contributed by atoms with van der Waals surface area (Å²) in [6, 6.07) is 33.6. The number of benzene rings is 5. The number of allylic oxidation sites excluding steroid dienone is 11. The Kier molecular flexibility index (Phi) is 9.13. The van der Waals surface area contributed by atoms with Gasteiger partial charge in [0.1, 0.15) is 0 Å². The molecule has 0 amide bonds. The third-order valence-electron chi connectivity index (χ3n) is 14.2. The van der Waals surface area contributed by atoms with Gasteiger partial charge in [0.05, 0.1) is 5.41 Å². The average Bonchev–Trinajstić information content (AvgIpc) is 3.63. The van der Waals surface area contributed by atoms with Crippen LogP contribution in [0.1, 0.15) is 127 Å². The summed E-state index contributed by atoms with van der Waals surface area (Å²) in [7, 11) is 0. The minimum atomic E-state index is -0.650. The molecule has 0 heterocycles. The number of fused-ring (bicyclic) bond motifs is 6. The molecule has 0 fully saturated rings. The van der Waals surface area contributed by atoms with Crippen LogP contribution in [0.2, 0.25) is 0 Å². The zero-order valence-corrected chi connectivity index (χ0v) is 37.0. The van der Waals surface area contributed by atoms with Crippen LogP contribution in [0.15, 0.2) is 151 Å². The first-order chi connectivity index (χ1) is 28.1. The Labute approximate surface area is 353 Å². The van der Waals surface area contributed by atoms with Gasteiger partial charge < -0.3 is 0 Å². The SMILES string of the molecule is C=C(/C=C\C=C/C)C1(c2ccc3cc\c4c5c3c2C(C)(Cc2ccccc2/C(C)=C/C=4C2=CCCC=C2)C=5C)c2cc(C(C)(C)C)ccc2-c2ccc(C(C)(C)C)cc21. The van der Waals surface area contributed by atoms with E-state index in [0.29, 0.717) is 0 Å². The van der Waals surface area contributed by atoms with Gasteiger partial charge in [0.25, 0.3) is 0 Å². The molecule has 0 aromatic heterocycles. The quantitative estimate of drug-likeness (QED) is 0.156. The normalized spacial score (nSPS) is 21.2. The van der Waals surface area contributed by atoms with Crippen LogP contribution in [-0.4, -0.2) is 0 Å². The van der Waals surface area contributed by atoms with Crippen molar-refractivity contribution in [1.82, 2.24) is 0 Å². The maximum absolute atomic E-state index is 5.15. The molecular weight excluding hydrogens is 709 g/mol. The fourth-order valence-corrected chi connectivity index (χ4v) is 10.9. The average molecular weight is 769 g/mol. The zero-order chi connectivity index (χ0) is 41.6. The molecule has 0 N–H and O–H groups in total. The van der Waals surface area contributed by atoms with Crippen LogP contribution in [0.3, 0.4) is 0 Å². The van der Waals surface area contributed by atoms with E-state index in [-0.39, 0.29) is 16.2 Å². The molecule has 296 valence electrons. The van der Waals surface area contributed by atoms with E-state index in [1.165, 1.54) is 99.1 Å². The van der Waals surface area contributed by atoms with E-state index in [1.54, 1.807) is 0 Å². The molecule has 0 radical (unpaired) electrons. The molecule has 9 rings (SSSR count). The summed E-state index contributed by atoms with van der Waals surface area (Å²) in [5.41, 5.74) is 19.0. The summed E-state index contributed by atoms with van der Waals surface area (Å²) in [5, 5.41) is 5.46. The molecule has 0 nitrogen and oxygen atoms in total. The summed E-state index contributed by atoms with van der Waals surface area (Å²) in [4.78, 5) is 0. The van der Waals surface area contributed by atoms with Gasteiger partial charge in [-0.25, -0.2) is 0 Å². The lowest BCUT2D eigenvalue weighted by Gasteiger charge is -2.41. The topological polar surface area (TPSA) is 0 Å². The molecule has 4 aliphatic rings. The van der Waals surface area contributed by atoms with Crippen LogP contribution in [0, 0.1) is 0 Å². The monoisotopic (exact) mass is 768 g/mol. The van der Waals surface area contributed by atoms with Gasteiger partial charge in [0.2, 0.25) is 0 Å². The van der Waals surface area contributed by atoms with E-state index < -0.39 is 5.41 Å². The van der Waals surface area contributed by atoms with Gasteiger partial charge in [-0.2, -0.15) is 0 Å². The van der Waals surface area contributed by atoms with Crippen LogP contribution < -0.4 is 10.4 Å². The first kappa shape index (κ1) is 39.0. The van der Waals surface area contributed by atoms with Crippen molar-refractivity contribution in [2.45, 2.75) is 110 Å². The molecule has 1 unspecified atom stereocenters. The molecule has 59 heavy (non-hydrogen) atoms. The lowest BCUT2D eigenvalue weighted by molar-refractivity contribution is 0.581. The summed E-state index contributed by atoms with van der Waals surface area (Å²) < 4.78 is 0. The minimum Gasteiger partial charge on any atom is -0.0942 e. The molecule has 4 aliphatic carbocycles. The van der Waals surface area contributed by atoms with Crippen molar-refractivity contribution >= 4 is 27.5 Å². The number of hydrogen-bond donors (Lipinski definition) is 0. The van der Waals surface area contributed by atoms with Crippen LogP contribution in [0.4, 0.5) is 0 Å². The second kappa shape index (κ2) is 13.8.